The number of halogens is 5. The van der Waals surface area contributed by atoms with Gasteiger partial charge in [-0.05, 0) is 46.3 Å². The van der Waals surface area contributed by atoms with Crippen molar-refractivity contribution < 1.29 is 18.1 Å². The number of para-hydroxylation sites is 1. The molecule has 3 rings (SSSR count). The third-order valence-corrected chi connectivity index (χ3v) is 4.70. The van der Waals surface area contributed by atoms with Crippen LogP contribution in [-0.2, 0) is 6.18 Å². The zero-order chi connectivity index (χ0) is 21.2. The van der Waals surface area contributed by atoms with Crippen molar-refractivity contribution in [2.75, 3.05) is 10.6 Å². The summed E-state index contributed by atoms with van der Waals surface area (Å²) in [6.45, 7) is 0. The molecule has 0 radical (unpaired) electrons. The second-order valence-electron chi connectivity index (χ2n) is 5.60. The third-order valence-electron chi connectivity index (χ3n) is 3.68. The van der Waals surface area contributed by atoms with Gasteiger partial charge in [0.1, 0.15) is 6.33 Å². The molecule has 0 aliphatic rings. The van der Waals surface area contributed by atoms with Crippen LogP contribution in [0.1, 0.15) is 5.56 Å². The fourth-order valence-electron chi connectivity index (χ4n) is 2.35. The number of nitrogens with one attached hydrogen (secondary N) is 2. The first kappa shape index (κ1) is 20.8. The minimum Gasteiger partial charge on any atom is -0.333 e. The predicted octanol–water partition coefficient (Wildman–Crippen LogP) is 6.31. The number of aromatic nitrogens is 2. The van der Waals surface area contributed by atoms with Gasteiger partial charge in [-0.15, -0.1) is 0 Å². The third kappa shape index (κ3) is 4.74. The fraction of sp³-hybridized carbons (Fsp3) is 0.0588. The Bertz CT molecular complexity index is 1080. The maximum atomic E-state index is 13.0. The molecule has 0 saturated heterocycles. The minimum absolute atomic E-state index is 0.0637. The largest absolute Gasteiger partial charge is 0.416 e. The fourth-order valence-corrected chi connectivity index (χ4v) is 2.90. The molecule has 0 fully saturated rings. The average Bonchev–Trinajstić information content (AvgIpc) is 2.64. The maximum Gasteiger partial charge on any atom is 0.416 e. The molecule has 3 aromatic rings. The molecule has 12 heteroatoms. The summed E-state index contributed by atoms with van der Waals surface area (Å²) in [7, 11) is 0. The standard InChI is InChI=1S/C17H10BrClF3N5O2/c18-10-3-1-2-4-12(10)25-15-14(27(28)29)16(24-8-23-15)26-13-7-9(17(20,21)22)5-6-11(13)19/h1-8H,(H2,23,24,25,26). The van der Waals surface area contributed by atoms with Crippen molar-refractivity contribution in [3.63, 3.8) is 0 Å². The molecule has 0 spiro atoms. The molecule has 0 atom stereocenters. The van der Waals surface area contributed by atoms with Gasteiger partial charge in [-0.1, -0.05) is 23.7 Å². The molecule has 0 unspecified atom stereocenters. The minimum atomic E-state index is -4.61. The van der Waals surface area contributed by atoms with Crippen molar-refractivity contribution in [2.24, 2.45) is 0 Å². The van der Waals surface area contributed by atoms with Crippen LogP contribution in [-0.4, -0.2) is 14.9 Å². The molecular formula is C17H10BrClF3N5O2. The number of hydrogen-bond donors (Lipinski definition) is 2. The summed E-state index contributed by atoms with van der Waals surface area (Å²) >= 11 is 9.26. The van der Waals surface area contributed by atoms with E-state index in [9.17, 15) is 23.3 Å². The molecular weight excluding hydrogens is 479 g/mol. The van der Waals surface area contributed by atoms with E-state index in [0.29, 0.717) is 10.2 Å². The number of alkyl halides is 3. The highest BCUT2D eigenvalue weighted by atomic mass is 79.9. The molecule has 0 amide bonds. The topological polar surface area (TPSA) is 93.0 Å². The first-order chi connectivity index (χ1) is 13.7. The van der Waals surface area contributed by atoms with E-state index >= 15 is 0 Å². The van der Waals surface area contributed by atoms with Gasteiger partial charge in [-0.3, -0.25) is 10.1 Å². The Hall–Kier alpha value is -2.92. The van der Waals surface area contributed by atoms with Crippen molar-refractivity contribution in [3.8, 4) is 0 Å². The zero-order valence-corrected chi connectivity index (χ0v) is 16.5. The van der Waals surface area contributed by atoms with Crippen LogP contribution in [0.5, 0.6) is 0 Å². The van der Waals surface area contributed by atoms with Gasteiger partial charge >= 0.3 is 11.9 Å². The van der Waals surface area contributed by atoms with Gasteiger partial charge in [0, 0.05) is 4.47 Å². The Morgan fingerprint density at radius 1 is 1.03 bits per heavy atom. The van der Waals surface area contributed by atoms with Gasteiger partial charge < -0.3 is 10.6 Å². The number of nitro groups is 1. The van der Waals surface area contributed by atoms with E-state index in [1.54, 1.807) is 24.3 Å². The Labute approximate surface area is 175 Å². The highest BCUT2D eigenvalue weighted by molar-refractivity contribution is 9.10. The van der Waals surface area contributed by atoms with Crippen LogP contribution in [0, 0.1) is 10.1 Å². The van der Waals surface area contributed by atoms with E-state index < -0.39 is 22.4 Å². The summed E-state index contributed by atoms with van der Waals surface area (Å²) in [6.07, 6.45) is -3.57. The summed E-state index contributed by atoms with van der Waals surface area (Å²) < 4.78 is 39.5. The lowest BCUT2D eigenvalue weighted by atomic mass is 10.2. The van der Waals surface area contributed by atoms with Gasteiger partial charge in [0.25, 0.3) is 0 Å². The van der Waals surface area contributed by atoms with Crippen LogP contribution < -0.4 is 10.6 Å². The zero-order valence-electron chi connectivity index (χ0n) is 14.2. The number of benzene rings is 2. The van der Waals surface area contributed by atoms with Crippen molar-refractivity contribution >= 4 is 56.2 Å². The SMILES string of the molecule is O=[N+]([O-])c1c(Nc2cc(C(F)(F)F)ccc2Cl)ncnc1Nc1ccccc1Br. The first-order valence-corrected chi connectivity index (χ1v) is 8.98. The second kappa shape index (κ2) is 8.21. The highest BCUT2D eigenvalue weighted by Crippen LogP contribution is 2.38. The lowest BCUT2D eigenvalue weighted by Gasteiger charge is -2.13. The summed E-state index contributed by atoms with van der Waals surface area (Å²) in [5, 5.41) is 16.9. The van der Waals surface area contributed by atoms with Crippen LogP contribution in [0.3, 0.4) is 0 Å². The Kier molecular flexibility index (Phi) is 5.89. The number of hydrogen-bond acceptors (Lipinski definition) is 6. The van der Waals surface area contributed by atoms with E-state index in [-0.39, 0.29) is 22.3 Å². The second-order valence-corrected chi connectivity index (χ2v) is 6.86. The lowest BCUT2D eigenvalue weighted by Crippen LogP contribution is -2.08. The molecule has 29 heavy (non-hydrogen) atoms. The predicted molar refractivity (Wildman–Crippen MR) is 106 cm³/mol. The molecule has 0 aliphatic heterocycles. The molecule has 1 aromatic heterocycles. The highest BCUT2D eigenvalue weighted by Gasteiger charge is 2.31. The quantitative estimate of drug-likeness (QED) is 0.323. The summed E-state index contributed by atoms with van der Waals surface area (Å²) in [5.74, 6) is -0.469. The molecule has 0 saturated carbocycles. The monoisotopic (exact) mass is 487 g/mol. The molecule has 2 aromatic carbocycles. The number of anilines is 4. The van der Waals surface area contributed by atoms with Gasteiger partial charge in [-0.25, -0.2) is 9.97 Å². The maximum absolute atomic E-state index is 13.0. The van der Waals surface area contributed by atoms with E-state index in [0.717, 1.165) is 24.5 Å². The van der Waals surface area contributed by atoms with Crippen LogP contribution in [0.15, 0.2) is 53.3 Å². The molecule has 150 valence electrons. The van der Waals surface area contributed by atoms with Crippen molar-refractivity contribution in [1.29, 1.82) is 0 Å². The molecule has 0 aliphatic carbocycles. The van der Waals surface area contributed by atoms with Crippen LogP contribution in [0.4, 0.5) is 41.9 Å². The first-order valence-electron chi connectivity index (χ1n) is 7.81. The van der Waals surface area contributed by atoms with Gasteiger partial charge in [0.15, 0.2) is 0 Å². The van der Waals surface area contributed by atoms with Crippen molar-refractivity contribution in [3.05, 3.63) is 74.0 Å². The molecule has 7 nitrogen and oxygen atoms in total. The van der Waals surface area contributed by atoms with Crippen molar-refractivity contribution in [2.45, 2.75) is 6.18 Å². The Morgan fingerprint density at radius 2 is 1.66 bits per heavy atom. The smallest absolute Gasteiger partial charge is 0.333 e. The lowest BCUT2D eigenvalue weighted by molar-refractivity contribution is -0.383. The average molecular weight is 489 g/mol. The van der Waals surface area contributed by atoms with E-state index in [1.807, 2.05) is 0 Å². The van der Waals surface area contributed by atoms with Gasteiger partial charge in [0.2, 0.25) is 11.6 Å². The van der Waals surface area contributed by atoms with E-state index in [1.165, 1.54) is 0 Å². The summed E-state index contributed by atoms with van der Waals surface area (Å²) in [6, 6.07) is 9.44. The van der Waals surface area contributed by atoms with E-state index in [4.69, 9.17) is 11.6 Å². The van der Waals surface area contributed by atoms with Crippen LogP contribution >= 0.6 is 27.5 Å². The summed E-state index contributed by atoms with van der Waals surface area (Å²) in [4.78, 5) is 18.6. The van der Waals surface area contributed by atoms with Gasteiger partial charge in [-0.2, -0.15) is 13.2 Å². The van der Waals surface area contributed by atoms with Crippen LogP contribution in [0.2, 0.25) is 5.02 Å². The molecule has 0 bridgehead atoms. The van der Waals surface area contributed by atoms with Crippen molar-refractivity contribution in [1.82, 2.24) is 9.97 Å². The number of rotatable bonds is 5. The molecule has 2 N–H and O–H groups in total. The van der Waals surface area contributed by atoms with Crippen LogP contribution in [0.25, 0.3) is 0 Å². The number of nitrogens with zero attached hydrogens (tertiary/aromatic N) is 3. The summed E-state index contributed by atoms with van der Waals surface area (Å²) in [5.41, 5.74) is -1.21. The van der Waals surface area contributed by atoms with E-state index in [2.05, 4.69) is 36.5 Å². The molecule has 1 heterocycles. The normalized spacial score (nSPS) is 11.2. The van der Waals surface area contributed by atoms with Gasteiger partial charge in [0.05, 0.1) is 26.9 Å². The Balaban J connectivity index is 2.03. The Morgan fingerprint density at radius 3 is 2.24 bits per heavy atom.